The van der Waals surface area contributed by atoms with Crippen molar-refractivity contribution in [3.05, 3.63) is 60.2 Å². The Morgan fingerprint density at radius 3 is 2.82 bits per heavy atom. The normalized spacial score (nSPS) is 12.1. The van der Waals surface area contributed by atoms with Crippen LogP contribution in [0, 0.1) is 6.92 Å². The van der Waals surface area contributed by atoms with E-state index in [1.165, 1.54) is 0 Å². The molecule has 0 atom stereocenters. The summed E-state index contributed by atoms with van der Waals surface area (Å²) in [7, 11) is 3.43. The van der Waals surface area contributed by atoms with Gasteiger partial charge >= 0.3 is 0 Å². The lowest BCUT2D eigenvalue weighted by atomic mass is 10.1. The molecule has 0 aliphatic rings. The molecule has 9 nitrogen and oxygen atoms in total. The zero-order chi connectivity index (χ0) is 24.1. The maximum absolute atomic E-state index is 6.18. The highest BCUT2D eigenvalue weighted by Crippen LogP contribution is 2.32. The third-order valence-corrected chi connectivity index (χ3v) is 5.44. The third-order valence-electron chi connectivity index (χ3n) is 5.44. The number of nitrogens with zero attached hydrogens (tertiary/aromatic N) is 6. The summed E-state index contributed by atoms with van der Waals surface area (Å²) in [4.78, 5) is 27.4. The summed E-state index contributed by atoms with van der Waals surface area (Å²) < 4.78 is 5.34. The van der Waals surface area contributed by atoms with Crippen molar-refractivity contribution >= 4 is 40.3 Å². The van der Waals surface area contributed by atoms with Gasteiger partial charge in [0.15, 0.2) is 0 Å². The van der Waals surface area contributed by atoms with E-state index in [1.807, 2.05) is 61.6 Å². The molecular weight excluding hydrogens is 428 g/mol. The van der Waals surface area contributed by atoms with Gasteiger partial charge in [0.1, 0.15) is 11.5 Å². The summed E-state index contributed by atoms with van der Waals surface area (Å²) in [6.07, 6.45) is 9.33. The van der Waals surface area contributed by atoms with Crippen LogP contribution in [0.25, 0.3) is 27.9 Å². The standard InChI is InChI=1S/C25H28N8O/c1-5-17(13-27-3)18-11-20-21(15-30-24(20)29-14-18)22-12-23(32-25(26)31-22)33(8-9-34-4)19-6-7-28-16(2)10-19/h5-7,10-15H,8-9H2,1-4H3,(H,29,30)(H2,26,31,32)/b17-5+,27-13?. The molecule has 0 saturated heterocycles. The van der Waals surface area contributed by atoms with E-state index in [0.717, 1.165) is 39.1 Å². The number of hydrogen-bond acceptors (Lipinski definition) is 8. The van der Waals surface area contributed by atoms with Gasteiger partial charge in [0, 0.05) is 79.5 Å². The van der Waals surface area contributed by atoms with E-state index in [4.69, 9.17) is 10.5 Å². The maximum Gasteiger partial charge on any atom is 0.222 e. The molecule has 0 aliphatic carbocycles. The predicted molar refractivity (Wildman–Crippen MR) is 137 cm³/mol. The molecule has 4 heterocycles. The molecule has 4 rings (SSSR count). The Hall–Kier alpha value is -4.11. The summed E-state index contributed by atoms with van der Waals surface area (Å²) in [5.74, 6) is 0.863. The minimum Gasteiger partial charge on any atom is -0.383 e. The van der Waals surface area contributed by atoms with Crippen LogP contribution < -0.4 is 10.6 Å². The molecule has 0 aliphatic heterocycles. The van der Waals surface area contributed by atoms with Crippen molar-refractivity contribution in [1.82, 2.24) is 24.9 Å². The molecule has 4 aromatic heterocycles. The molecule has 174 valence electrons. The SMILES string of the molecule is C/C=C(\C=NC)c1cnc2[nH]cc(-c3cc(N(CCOC)c4ccnc(C)c4)nc(N)n3)c2c1. The first kappa shape index (κ1) is 23.1. The van der Waals surface area contributed by atoms with Crippen LogP contribution >= 0.6 is 0 Å². The molecule has 0 spiro atoms. The Morgan fingerprint density at radius 2 is 2.09 bits per heavy atom. The molecule has 4 aromatic rings. The number of aryl methyl sites for hydroxylation is 1. The second-order valence-corrected chi connectivity index (χ2v) is 7.72. The van der Waals surface area contributed by atoms with Crippen molar-refractivity contribution in [1.29, 1.82) is 0 Å². The van der Waals surface area contributed by atoms with Gasteiger partial charge in [-0.2, -0.15) is 4.98 Å². The first-order valence-corrected chi connectivity index (χ1v) is 10.9. The number of ether oxygens (including phenoxy) is 1. The maximum atomic E-state index is 6.18. The van der Waals surface area contributed by atoms with E-state index in [-0.39, 0.29) is 5.95 Å². The van der Waals surface area contributed by atoms with Crippen molar-refractivity contribution in [2.45, 2.75) is 13.8 Å². The fourth-order valence-electron chi connectivity index (χ4n) is 3.81. The number of anilines is 3. The van der Waals surface area contributed by atoms with E-state index in [1.54, 1.807) is 20.4 Å². The Bertz CT molecular complexity index is 1360. The number of nitrogen functional groups attached to an aromatic ring is 1. The van der Waals surface area contributed by atoms with Crippen LogP contribution in [0.4, 0.5) is 17.5 Å². The van der Waals surface area contributed by atoms with Crippen molar-refractivity contribution in [2.75, 3.05) is 37.9 Å². The van der Waals surface area contributed by atoms with Gasteiger partial charge < -0.3 is 20.4 Å². The minimum absolute atomic E-state index is 0.186. The predicted octanol–water partition coefficient (Wildman–Crippen LogP) is 4.19. The molecule has 0 fully saturated rings. The van der Waals surface area contributed by atoms with Crippen LogP contribution in [0.5, 0.6) is 0 Å². The van der Waals surface area contributed by atoms with Crippen molar-refractivity contribution in [2.24, 2.45) is 4.99 Å². The fraction of sp³-hybridized carbons (Fsp3) is 0.240. The summed E-state index contributed by atoms with van der Waals surface area (Å²) in [5, 5.41) is 0.939. The number of hydrogen-bond donors (Lipinski definition) is 2. The summed E-state index contributed by atoms with van der Waals surface area (Å²) in [5.41, 5.74) is 12.4. The van der Waals surface area contributed by atoms with Crippen LogP contribution in [0.3, 0.4) is 0 Å². The average molecular weight is 457 g/mol. The minimum atomic E-state index is 0.186. The number of rotatable bonds is 8. The van der Waals surface area contributed by atoms with E-state index in [2.05, 4.69) is 36.0 Å². The molecule has 0 bridgehead atoms. The van der Waals surface area contributed by atoms with Gasteiger partial charge in [0.05, 0.1) is 12.3 Å². The quantitative estimate of drug-likeness (QED) is 0.382. The third kappa shape index (κ3) is 4.79. The van der Waals surface area contributed by atoms with Crippen molar-refractivity contribution < 1.29 is 4.74 Å². The Labute approximate surface area is 198 Å². The van der Waals surface area contributed by atoms with Crippen molar-refractivity contribution in [3.8, 4) is 11.3 Å². The van der Waals surface area contributed by atoms with Crippen LogP contribution in [0.15, 0.2) is 53.9 Å². The summed E-state index contributed by atoms with van der Waals surface area (Å²) in [6, 6.07) is 7.96. The number of fused-ring (bicyclic) bond motifs is 1. The molecule has 34 heavy (non-hydrogen) atoms. The molecule has 0 radical (unpaired) electrons. The number of nitrogens with one attached hydrogen (secondary N) is 1. The van der Waals surface area contributed by atoms with Gasteiger partial charge in [-0.05, 0) is 37.6 Å². The molecule has 0 unspecified atom stereocenters. The molecule has 0 amide bonds. The lowest BCUT2D eigenvalue weighted by Gasteiger charge is -2.24. The van der Waals surface area contributed by atoms with Gasteiger partial charge in [-0.3, -0.25) is 9.98 Å². The lowest BCUT2D eigenvalue weighted by molar-refractivity contribution is 0.207. The fourth-order valence-corrected chi connectivity index (χ4v) is 3.81. The highest BCUT2D eigenvalue weighted by molar-refractivity contribution is 6.10. The van der Waals surface area contributed by atoms with Crippen LogP contribution in [0.2, 0.25) is 0 Å². The lowest BCUT2D eigenvalue weighted by Crippen LogP contribution is -2.23. The first-order valence-electron chi connectivity index (χ1n) is 10.9. The van der Waals surface area contributed by atoms with Gasteiger partial charge in [-0.25, -0.2) is 9.97 Å². The van der Waals surface area contributed by atoms with Crippen molar-refractivity contribution in [3.63, 3.8) is 0 Å². The molecular formula is C25H28N8O. The number of nitrogens with two attached hydrogens (primary N) is 1. The monoisotopic (exact) mass is 456 g/mol. The van der Waals surface area contributed by atoms with Gasteiger partial charge in [0.2, 0.25) is 5.95 Å². The van der Waals surface area contributed by atoms with E-state index in [0.29, 0.717) is 24.7 Å². The van der Waals surface area contributed by atoms with Crippen LogP contribution in [-0.2, 0) is 4.74 Å². The number of aliphatic imine (C=N–C) groups is 1. The highest BCUT2D eigenvalue weighted by atomic mass is 16.5. The topological polar surface area (TPSA) is 118 Å². The number of aromatic amines is 1. The molecule has 9 heteroatoms. The Kier molecular flexibility index (Phi) is 6.93. The smallest absolute Gasteiger partial charge is 0.222 e. The average Bonchev–Trinajstić information content (AvgIpc) is 3.26. The number of allylic oxidation sites excluding steroid dienone is 2. The Morgan fingerprint density at radius 1 is 1.24 bits per heavy atom. The van der Waals surface area contributed by atoms with E-state index < -0.39 is 0 Å². The van der Waals surface area contributed by atoms with E-state index >= 15 is 0 Å². The van der Waals surface area contributed by atoms with Crippen LogP contribution in [-0.4, -0.2) is 58.4 Å². The second-order valence-electron chi connectivity index (χ2n) is 7.72. The molecule has 3 N–H and O–H groups in total. The summed E-state index contributed by atoms with van der Waals surface area (Å²) >= 11 is 0. The number of methoxy groups -OCH3 is 1. The van der Waals surface area contributed by atoms with Gasteiger partial charge in [-0.15, -0.1) is 0 Å². The number of pyridine rings is 2. The Balaban J connectivity index is 1.82. The van der Waals surface area contributed by atoms with E-state index in [9.17, 15) is 0 Å². The zero-order valence-electron chi connectivity index (χ0n) is 19.8. The first-order chi connectivity index (χ1) is 16.5. The van der Waals surface area contributed by atoms with Gasteiger partial charge in [0.25, 0.3) is 0 Å². The second kappa shape index (κ2) is 10.2. The highest BCUT2D eigenvalue weighted by Gasteiger charge is 2.17. The zero-order valence-corrected chi connectivity index (χ0v) is 19.8. The van der Waals surface area contributed by atoms with Crippen LogP contribution in [0.1, 0.15) is 18.2 Å². The van der Waals surface area contributed by atoms with Gasteiger partial charge in [-0.1, -0.05) is 6.08 Å². The largest absolute Gasteiger partial charge is 0.383 e. The number of H-pyrrole nitrogens is 1. The molecule has 0 aromatic carbocycles. The number of aromatic nitrogens is 5. The molecule has 0 saturated carbocycles. The summed E-state index contributed by atoms with van der Waals surface area (Å²) in [6.45, 7) is 5.05.